The summed E-state index contributed by atoms with van der Waals surface area (Å²) >= 11 is 0. The molecule has 0 saturated carbocycles. The van der Waals surface area contributed by atoms with E-state index in [9.17, 15) is 14.0 Å². The van der Waals surface area contributed by atoms with Crippen molar-refractivity contribution in [3.8, 4) is 5.75 Å². The maximum absolute atomic E-state index is 13.1. The number of ether oxygens (including phenoxy) is 1. The van der Waals surface area contributed by atoms with Crippen LogP contribution < -0.4 is 15.0 Å². The van der Waals surface area contributed by atoms with Crippen molar-refractivity contribution in [3.63, 3.8) is 0 Å². The number of amides is 2. The van der Waals surface area contributed by atoms with Crippen molar-refractivity contribution in [2.75, 3.05) is 38.2 Å². The fourth-order valence-corrected chi connectivity index (χ4v) is 4.54. The molecular weight excluding hydrogens is 409 g/mol. The molecule has 2 aliphatic rings. The van der Waals surface area contributed by atoms with Crippen molar-refractivity contribution in [1.82, 2.24) is 10.2 Å². The number of hydrogen-bond acceptors (Lipinski definition) is 4. The molecule has 2 aliphatic heterocycles. The van der Waals surface area contributed by atoms with Gasteiger partial charge in [-0.25, -0.2) is 4.39 Å². The van der Waals surface area contributed by atoms with Crippen LogP contribution in [0.5, 0.6) is 5.75 Å². The molecule has 2 aromatic carbocycles. The number of rotatable bonds is 5. The van der Waals surface area contributed by atoms with E-state index in [1.807, 2.05) is 12.1 Å². The average molecular weight is 440 g/mol. The minimum atomic E-state index is -0.365. The first-order chi connectivity index (χ1) is 15.5. The molecule has 2 heterocycles. The Labute approximate surface area is 188 Å². The highest BCUT2D eigenvalue weighted by atomic mass is 19.1. The molecule has 0 aromatic heterocycles. The molecule has 2 fully saturated rings. The second-order valence-electron chi connectivity index (χ2n) is 8.57. The number of anilines is 1. The Morgan fingerprint density at radius 2 is 1.66 bits per heavy atom. The molecule has 0 radical (unpaired) electrons. The number of piperidine rings is 2. The van der Waals surface area contributed by atoms with Crippen LogP contribution in [-0.4, -0.2) is 56.0 Å². The lowest BCUT2D eigenvalue weighted by molar-refractivity contribution is -0.127. The van der Waals surface area contributed by atoms with Gasteiger partial charge in [0.25, 0.3) is 5.91 Å². The summed E-state index contributed by atoms with van der Waals surface area (Å²) in [5, 5.41) is 3.21. The number of methoxy groups -OCH3 is 1. The fraction of sp³-hybridized carbons (Fsp3) is 0.440. The maximum Gasteiger partial charge on any atom is 0.253 e. The Hall–Kier alpha value is -3.09. The van der Waals surface area contributed by atoms with Gasteiger partial charge in [-0.1, -0.05) is 0 Å². The van der Waals surface area contributed by atoms with E-state index in [1.54, 1.807) is 12.0 Å². The van der Waals surface area contributed by atoms with Gasteiger partial charge in [0.2, 0.25) is 5.91 Å². The highest BCUT2D eigenvalue weighted by molar-refractivity contribution is 5.94. The van der Waals surface area contributed by atoms with E-state index in [1.165, 1.54) is 24.3 Å². The van der Waals surface area contributed by atoms with Crippen LogP contribution in [0.15, 0.2) is 48.5 Å². The lowest BCUT2D eigenvalue weighted by atomic mass is 9.95. The van der Waals surface area contributed by atoms with Crippen LogP contribution in [0.2, 0.25) is 0 Å². The van der Waals surface area contributed by atoms with Crippen molar-refractivity contribution in [3.05, 3.63) is 59.9 Å². The van der Waals surface area contributed by atoms with E-state index in [4.69, 9.17) is 4.74 Å². The zero-order chi connectivity index (χ0) is 22.5. The van der Waals surface area contributed by atoms with Crippen molar-refractivity contribution in [2.45, 2.75) is 31.7 Å². The van der Waals surface area contributed by atoms with Crippen LogP contribution in [-0.2, 0) is 4.79 Å². The van der Waals surface area contributed by atoms with Gasteiger partial charge in [0.05, 0.1) is 13.0 Å². The van der Waals surface area contributed by atoms with Crippen LogP contribution in [0.1, 0.15) is 36.0 Å². The molecule has 2 amide bonds. The summed E-state index contributed by atoms with van der Waals surface area (Å²) in [6.45, 7) is 2.81. The fourth-order valence-electron chi connectivity index (χ4n) is 4.54. The first-order valence-electron chi connectivity index (χ1n) is 11.3. The van der Waals surface area contributed by atoms with Gasteiger partial charge in [-0.05, 0) is 74.2 Å². The third kappa shape index (κ3) is 5.21. The van der Waals surface area contributed by atoms with E-state index in [0.29, 0.717) is 18.7 Å². The third-order valence-corrected chi connectivity index (χ3v) is 6.45. The minimum Gasteiger partial charge on any atom is -0.497 e. The summed E-state index contributed by atoms with van der Waals surface area (Å²) in [5.74, 6) is 0.165. The molecule has 6 nitrogen and oxygen atoms in total. The van der Waals surface area contributed by atoms with Gasteiger partial charge in [-0.2, -0.15) is 0 Å². The van der Waals surface area contributed by atoms with Gasteiger partial charge in [-0.15, -0.1) is 0 Å². The molecular formula is C25H30FN3O3. The number of hydrogen-bond donors (Lipinski definition) is 1. The Morgan fingerprint density at radius 3 is 2.31 bits per heavy atom. The molecule has 0 bridgehead atoms. The van der Waals surface area contributed by atoms with Gasteiger partial charge in [-0.3, -0.25) is 9.59 Å². The molecule has 4 rings (SSSR count). The summed E-state index contributed by atoms with van der Waals surface area (Å²) < 4.78 is 18.4. The standard InChI is InChI=1S/C25H30FN3O3/c1-32-23-10-8-22(9-11-23)28-15-12-21(13-16-28)27-24(30)19-3-2-14-29(17-19)25(31)18-4-6-20(26)7-5-18/h4-11,19,21H,2-3,12-17H2,1H3,(H,27,30). The number of nitrogens with one attached hydrogen (secondary N) is 1. The number of nitrogens with zero attached hydrogens (tertiary/aromatic N) is 2. The normalized spacial score (nSPS) is 19.5. The molecule has 7 heteroatoms. The van der Waals surface area contributed by atoms with Crippen LogP contribution in [0.25, 0.3) is 0 Å². The van der Waals surface area contributed by atoms with Crippen molar-refractivity contribution < 1.29 is 18.7 Å². The highest BCUT2D eigenvalue weighted by Crippen LogP contribution is 2.24. The predicted octanol–water partition coefficient (Wildman–Crippen LogP) is 3.47. The first kappa shape index (κ1) is 22.1. The van der Waals surface area contributed by atoms with E-state index in [-0.39, 0.29) is 29.6 Å². The second kappa shape index (κ2) is 10.0. The summed E-state index contributed by atoms with van der Waals surface area (Å²) in [5.41, 5.74) is 1.62. The average Bonchev–Trinajstić information content (AvgIpc) is 2.85. The summed E-state index contributed by atoms with van der Waals surface area (Å²) in [6, 6.07) is 13.8. The Balaban J connectivity index is 1.27. The molecule has 2 saturated heterocycles. The van der Waals surface area contributed by atoms with Crippen molar-refractivity contribution >= 4 is 17.5 Å². The van der Waals surface area contributed by atoms with Crippen molar-refractivity contribution in [2.24, 2.45) is 5.92 Å². The molecule has 1 unspecified atom stereocenters. The van der Waals surface area contributed by atoms with E-state index in [0.717, 1.165) is 50.2 Å². The molecule has 0 spiro atoms. The van der Waals surface area contributed by atoms with Crippen molar-refractivity contribution in [1.29, 1.82) is 0 Å². The van der Waals surface area contributed by atoms with Crippen LogP contribution in [0.4, 0.5) is 10.1 Å². The Morgan fingerprint density at radius 1 is 0.969 bits per heavy atom. The highest BCUT2D eigenvalue weighted by Gasteiger charge is 2.31. The largest absolute Gasteiger partial charge is 0.497 e. The number of benzene rings is 2. The number of halogens is 1. The molecule has 32 heavy (non-hydrogen) atoms. The predicted molar refractivity (Wildman–Crippen MR) is 121 cm³/mol. The molecule has 1 atom stereocenters. The summed E-state index contributed by atoms with van der Waals surface area (Å²) in [4.78, 5) is 29.7. The quantitative estimate of drug-likeness (QED) is 0.775. The topological polar surface area (TPSA) is 61.9 Å². The zero-order valence-electron chi connectivity index (χ0n) is 18.4. The van der Waals surface area contributed by atoms with Gasteiger partial charge in [0, 0.05) is 43.5 Å². The molecule has 0 aliphatic carbocycles. The smallest absolute Gasteiger partial charge is 0.253 e. The van der Waals surface area contributed by atoms with Gasteiger partial charge in [0.15, 0.2) is 0 Å². The molecule has 1 N–H and O–H groups in total. The van der Waals surface area contributed by atoms with E-state index >= 15 is 0 Å². The van der Waals surface area contributed by atoms with Gasteiger partial charge < -0.3 is 19.9 Å². The second-order valence-corrected chi connectivity index (χ2v) is 8.57. The van der Waals surface area contributed by atoms with Crippen LogP contribution in [0, 0.1) is 11.7 Å². The SMILES string of the molecule is COc1ccc(N2CCC(NC(=O)C3CCCN(C(=O)c4ccc(F)cc4)C3)CC2)cc1. The zero-order valence-corrected chi connectivity index (χ0v) is 18.4. The summed E-state index contributed by atoms with van der Waals surface area (Å²) in [7, 11) is 1.66. The van der Waals surface area contributed by atoms with E-state index < -0.39 is 0 Å². The first-order valence-corrected chi connectivity index (χ1v) is 11.3. The lowest BCUT2D eigenvalue weighted by Crippen LogP contribution is -2.50. The molecule has 2 aromatic rings. The maximum atomic E-state index is 13.1. The van der Waals surface area contributed by atoms with Crippen LogP contribution in [0.3, 0.4) is 0 Å². The van der Waals surface area contributed by atoms with E-state index in [2.05, 4.69) is 22.3 Å². The lowest BCUT2D eigenvalue weighted by Gasteiger charge is -2.36. The minimum absolute atomic E-state index is 0.0319. The number of likely N-dealkylation sites (tertiary alicyclic amines) is 1. The summed E-state index contributed by atoms with van der Waals surface area (Å²) in [6.07, 6.45) is 3.36. The van der Waals surface area contributed by atoms with Crippen LogP contribution >= 0.6 is 0 Å². The molecule has 170 valence electrons. The number of carbonyl (C=O) groups is 2. The van der Waals surface area contributed by atoms with Gasteiger partial charge >= 0.3 is 0 Å². The van der Waals surface area contributed by atoms with Gasteiger partial charge in [0.1, 0.15) is 11.6 Å². The number of carbonyl (C=O) groups excluding carboxylic acids is 2. The Kier molecular flexibility index (Phi) is 6.93. The monoisotopic (exact) mass is 439 g/mol. The third-order valence-electron chi connectivity index (χ3n) is 6.45. The Bertz CT molecular complexity index is 924.